The van der Waals surface area contributed by atoms with Crippen molar-refractivity contribution in [2.75, 3.05) is 19.7 Å². The van der Waals surface area contributed by atoms with E-state index in [1.807, 2.05) is 12.1 Å². The zero-order valence-corrected chi connectivity index (χ0v) is 21.1. The first kappa shape index (κ1) is 24.2. The molecule has 1 saturated carbocycles. The van der Waals surface area contributed by atoms with E-state index < -0.39 is 0 Å². The predicted molar refractivity (Wildman–Crippen MR) is 137 cm³/mol. The van der Waals surface area contributed by atoms with E-state index in [-0.39, 0.29) is 30.5 Å². The molecule has 0 bridgehead atoms. The number of H-pyrrole nitrogens is 1. The second kappa shape index (κ2) is 10.7. The smallest absolute Gasteiger partial charge is 0.280 e. The minimum Gasteiger partial charge on any atom is -0.396 e. The summed E-state index contributed by atoms with van der Waals surface area (Å²) < 4.78 is 0. The van der Waals surface area contributed by atoms with Gasteiger partial charge >= 0.3 is 0 Å². The Balaban J connectivity index is 1.23. The SMILES string of the molecule is O=C(N[C@@H]1CCCC[C@@H]1NC(=O)c1nc2c(s1)CN(CCCO)CC2)c1cc2cc(Cl)ccc2[nH]1. The van der Waals surface area contributed by atoms with Crippen LogP contribution in [0.25, 0.3) is 10.9 Å². The van der Waals surface area contributed by atoms with Crippen LogP contribution in [0.5, 0.6) is 0 Å². The standard InChI is InChI=1S/C25H30ClN5O3S/c26-16-6-7-17-15(12-16)13-21(27-17)23(33)28-18-4-1-2-5-19(18)29-24(34)25-30-20-8-10-31(9-3-11-32)14-22(20)35-25/h6-7,12-13,18-19,27,32H,1-5,8-11,14H2,(H,28,33)(H,29,34)/t18-,19+/m1/s1. The summed E-state index contributed by atoms with van der Waals surface area (Å²) in [4.78, 5) is 37.3. The van der Waals surface area contributed by atoms with Gasteiger partial charge in [0.2, 0.25) is 0 Å². The molecule has 1 aliphatic heterocycles. The molecule has 3 aromatic rings. The third-order valence-electron chi connectivity index (χ3n) is 6.86. The largest absolute Gasteiger partial charge is 0.396 e. The number of amides is 2. The highest BCUT2D eigenvalue weighted by Gasteiger charge is 2.30. The van der Waals surface area contributed by atoms with Crippen LogP contribution in [-0.4, -0.2) is 63.6 Å². The highest BCUT2D eigenvalue weighted by molar-refractivity contribution is 7.13. The second-order valence-electron chi connectivity index (χ2n) is 9.35. The molecule has 186 valence electrons. The lowest BCUT2D eigenvalue weighted by Gasteiger charge is -2.32. The third kappa shape index (κ3) is 5.53. The molecule has 1 fully saturated rings. The van der Waals surface area contributed by atoms with Crippen LogP contribution in [0, 0.1) is 0 Å². The Morgan fingerprint density at radius 3 is 2.71 bits per heavy atom. The Bertz CT molecular complexity index is 1230. The Kier molecular flexibility index (Phi) is 7.38. The molecule has 0 saturated heterocycles. The van der Waals surface area contributed by atoms with Crippen LogP contribution in [0.4, 0.5) is 0 Å². The van der Waals surface area contributed by atoms with Crippen LogP contribution in [-0.2, 0) is 13.0 Å². The van der Waals surface area contributed by atoms with Crippen molar-refractivity contribution in [1.82, 2.24) is 25.5 Å². The number of rotatable bonds is 7. The van der Waals surface area contributed by atoms with Gasteiger partial charge in [0, 0.05) is 65.5 Å². The van der Waals surface area contributed by atoms with Gasteiger partial charge in [-0.1, -0.05) is 24.4 Å². The highest BCUT2D eigenvalue weighted by Crippen LogP contribution is 2.26. The minimum atomic E-state index is -0.184. The lowest BCUT2D eigenvalue weighted by Crippen LogP contribution is -2.53. The van der Waals surface area contributed by atoms with Gasteiger partial charge in [-0.3, -0.25) is 14.5 Å². The van der Waals surface area contributed by atoms with Gasteiger partial charge in [-0.25, -0.2) is 4.98 Å². The summed E-state index contributed by atoms with van der Waals surface area (Å²) in [6.07, 6.45) is 5.23. The molecule has 0 radical (unpaired) electrons. The topological polar surface area (TPSA) is 110 Å². The maximum absolute atomic E-state index is 13.1. The number of nitrogens with zero attached hydrogens (tertiary/aromatic N) is 2. The number of halogens is 1. The summed E-state index contributed by atoms with van der Waals surface area (Å²) in [5, 5.41) is 17.4. The molecule has 2 atom stereocenters. The number of thiazole rings is 1. The minimum absolute atomic E-state index is 0.138. The molecule has 2 aromatic heterocycles. The fourth-order valence-corrected chi connectivity index (χ4v) is 6.24. The zero-order chi connectivity index (χ0) is 24.4. The summed E-state index contributed by atoms with van der Waals surface area (Å²) >= 11 is 7.53. The van der Waals surface area contributed by atoms with E-state index in [0.717, 1.165) is 79.6 Å². The first-order chi connectivity index (χ1) is 17.0. The van der Waals surface area contributed by atoms with Crippen molar-refractivity contribution in [3.63, 3.8) is 0 Å². The van der Waals surface area contributed by atoms with Crippen LogP contribution >= 0.6 is 22.9 Å². The predicted octanol–water partition coefficient (Wildman–Crippen LogP) is 3.49. The van der Waals surface area contributed by atoms with Gasteiger partial charge in [-0.2, -0.15) is 0 Å². The first-order valence-corrected chi connectivity index (χ1v) is 13.4. The average Bonchev–Trinajstić information content (AvgIpc) is 3.47. The summed E-state index contributed by atoms with van der Waals surface area (Å²) in [5.74, 6) is -0.353. The number of hydrogen-bond acceptors (Lipinski definition) is 6. The van der Waals surface area contributed by atoms with Gasteiger partial charge in [-0.05, 0) is 43.5 Å². The monoisotopic (exact) mass is 515 g/mol. The first-order valence-electron chi connectivity index (χ1n) is 12.2. The molecule has 1 aromatic carbocycles. The molecule has 35 heavy (non-hydrogen) atoms. The van der Waals surface area contributed by atoms with Crippen LogP contribution in [0.3, 0.4) is 0 Å². The summed E-state index contributed by atoms with van der Waals surface area (Å²) in [6.45, 7) is 2.71. The maximum atomic E-state index is 13.1. The molecule has 0 spiro atoms. The van der Waals surface area contributed by atoms with E-state index in [4.69, 9.17) is 16.7 Å². The molecule has 10 heteroatoms. The van der Waals surface area contributed by atoms with E-state index >= 15 is 0 Å². The normalized spacial score (nSPS) is 20.5. The van der Waals surface area contributed by atoms with E-state index in [0.29, 0.717) is 15.7 Å². The number of benzene rings is 1. The van der Waals surface area contributed by atoms with Gasteiger partial charge in [0.1, 0.15) is 5.69 Å². The quantitative estimate of drug-likeness (QED) is 0.385. The Labute approximate surface area is 213 Å². The number of aromatic amines is 1. The van der Waals surface area contributed by atoms with Gasteiger partial charge in [0.25, 0.3) is 11.8 Å². The molecule has 4 N–H and O–H groups in total. The third-order valence-corrected chi connectivity index (χ3v) is 8.18. The fraction of sp³-hybridized carbons (Fsp3) is 0.480. The number of carbonyl (C=O) groups is 2. The summed E-state index contributed by atoms with van der Waals surface area (Å²) in [6, 6.07) is 7.00. The van der Waals surface area contributed by atoms with Crippen LogP contribution in [0.2, 0.25) is 5.02 Å². The van der Waals surface area contributed by atoms with Crippen molar-refractivity contribution in [3.8, 4) is 0 Å². The number of fused-ring (bicyclic) bond motifs is 2. The molecule has 1 aliphatic carbocycles. The fourth-order valence-electron chi connectivity index (χ4n) is 5.01. The van der Waals surface area contributed by atoms with Crippen molar-refractivity contribution in [1.29, 1.82) is 0 Å². The molecular weight excluding hydrogens is 486 g/mol. The average molecular weight is 516 g/mol. The second-order valence-corrected chi connectivity index (χ2v) is 10.9. The van der Waals surface area contributed by atoms with Crippen molar-refractivity contribution >= 4 is 45.7 Å². The van der Waals surface area contributed by atoms with Gasteiger partial charge in [-0.15, -0.1) is 11.3 Å². The van der Waals surface area contributed by atoms with Crippen LogP contribution in [0.15, 0.2) is 24.3 Å². The number of aliphatic hydroxyl groups is 1. The Hall–Kier alpha value is -2.46. The highest BCUT2D eigenvalue weighted by atomic mass is 35.5. The van der Waals surface area contributed by atoms with Gasteiger partial charge in [0.15, 0.2) is 5.01 Å². The molecular formula is C25H30ClN5O3S. The van der Waals surface area contributed by atoms with Gasteiger partial charge < -0.3 is 20.7 Å². The molecule has 5 rings (SSSR count). The molecule has 0 unspecified atom stereocenters. The molecule has 2 aliphatic rings. The number of aliphatic hydroxyl groups excluding tert-OH is 1. The lowest BCUT2D eigenvalue weighted by atomic mass is 9.90. The summed E-state index contributed by atoms with van der Waals surface area (Å²) in [7, 11) is 0. The van der Waals surface area contributed by atoms with Crippen LogP contribution < -0.4 is 10.6 Å². The van der Waals surface area contributed by atoms with E-state index in [1.54, 1.807) is 12.1 Å². The number of carbonyl (C=O) groups excluding carboxylic acids is 2. The number of nitrogens with one attached hydrogen (secondary N) is 3. The van der Waals surface area contributed by atoms with Crippen molar-refractivity contribution in [3.05, 3.63) is 50.6 Å². The Morgan fingerprint density at radius 1 is 1.17 bits per heavy atom. The molecule has 8 nitrogen and oxygen atoms in total. The van der Waals surface area contributed by atoms with Crippen molar-refractivity contribution < 1.29 is 14.7 Å². The number of hydrogen-bond donors (Lipinski definition) is 4. The summed E-state index contributed by atoms with van der Waals surface area (Å²) in [5.41, 5.74) is 2.35. The Morgan fingerprint density at radius 2 is 1.94 bits per heavy atom. The van der Waals surface area contributed by atoms with Gasteiger partial charge in [0.05, 0.1) is 5.69 Å². The zero-order valence-electron chi connectivity index (χ0n) is 19.5. The molecule has 3 heterocycles. The lowest BCUT2D eigenvalue weighted by molar-refractivity contribution is 0.0860. The number of aromatic nitrogens is 2. The molecule has 2 amide bonds. The maximum Gasteiger partial charge on any atom is 0.280 e. The van der Waals surface area contributed by atoms with Crippen LogP contribution in [0.1, 0.15) is 63.0 Å². The van der Waals surface area contributed by atoms with E-state index in [1.165, 1.54) is 11.3 Å². The van der Waals surface area contributed by atoms with E-state index in [2.05, 4.69) is 25.5 Å². The van der Waals surface area contributed by atoms with Crippen molar-refractivity contribution in [2.24, 2.45) is 0 Å². The van der Waals surface area contributed by atoms with E-state index in [9.17, 15) is 9.59 Å². The van der Waals surface area contributed by atoms with Crippen molar-refractivity contribution in [2.45, 2.75) is 57.2 Å².